The Hall–Kier alpha value is -1.60. The van der Waals surface area contributed by atoms with E-state index in [2.05, 4.69) is 79.8 Å². The van der Waals surface area contributed by atoms with Gasteiger partial charge in [-0.15, -0.1) is 0 Å². The van der Waals surface area contributed by atoms with Crippen LogP contribution in [-0.4, -0.2) is 12.6 Å². The molecule has 1 saturated carbocycles. The second kappa shape index (κ2) is 6.44. The smallest absolute Gasteiger partial charge is 0.0240 e. The standard InChI is InChI=1S/C20H25N/c1-15-13-19(15)14-21-16(2)20(17-9-5-3-6-10-17)18-11-7-4-8-12-18/h3-12,15-16,19-21H,13-14H2,1-2H3. The lowest BCUT2D eigenvalue weighted by molar-refractivity contribution is 0.478. The molecule has 0 amide bonds. The van der Waals surface area contributed by atoms with Crippen LogP contribution in [0.1, 0.15) is 37.3 Å². The molecule has 3 unspecified atom stereocenters. The molecule has 1 aliphatic carbocycles. The molecule has 0 aromatic heterocycles. The van der Waals surface area contributed by atoms with E-state index in [9.17, 15) is 0 Å². The van der Waals surface area contributed by atoms with Gasteiger partial charge in [-0.2, -0.15) is 0 Å². The second-order valence-corrected chi connectivity index (χ2v) is 6.47. The highest BCUT2D eigenvalue weighted by Crippen LogP contribution is 2.37. The molecule has 0 heterocycles. The van der Waals surface area contributed by atoms with Gasteiger partial charge in [0.2, 0.25) is 0 Å². The maximum Gasteiger partial charge on any atom is 0.0240 e. The van der Waals surface area contributed by atoms with Crippen molar-refractivity contribution < 1.29 is 0 Å². The van der Waals surface area contributed by atoms with Gasteiger partial charge in [0, 0.05) is 12.0 Å². The minimum absolute atomic E-state index is 0.418. The lowest BCUT2D eigenvalue weighted by atomic mass is 9.86. The molecule has 1 heteroatoms. The predicted octanol–water partition coefficient (Wildman–Crippen LogP) is 4.45. The average molecular weight is 279 g/mol. The van der Waals surface area contributed by atoms with Crippen molar-refractivity contribution in [3.8, 4) is 0 Å². The van der Waals surface area contributed by atoms with E-state index in [1.54, 1.807) is 0 Å². The van der Waals surface area contributed by atoms with E-state index in [-0.39, 0.29) is 0 Å². The fourth-order valence-corrected chi connectivity index (χ4v) is 3.23. The van der Waals surface area contributed by atoms with Crippen LogP contribution in [0.2, 0.25) is 0 Å². The van der Waals surface area contributed by atoms with Crippen LogP contribution in [0.15, 0.2) is 60.7 Å². The summed E-state index contributed by atoms with van der Waals surface area (Å²) in [5, 5.41) is 3.77. The van der Waals surface area contributed by atoms with Gasteiger partial charge in [0.1, 0.15) is 0 Å². The van der Waals surface area contributed by atoms with Crippen LogP contribution >= 0.6 is 0 Å². The van der Waals surface area contributed by atoms with E-state index in [0.717, 1.165) is 18.4 Å². The number of rotatable bonds is 6. The predicted molar refractivity (Wildman–Crippen MR) is 89.5 cm³/mol. The number of benzene rings is 2. The Balaban J connectivity index is 1.78. The molecule has 1 nitrogen and oxygen atoms in total. The Labute approximate surface area is 128 Å². The molecular weight excluding hydrogens is 254 g/mol. The zero-order valence-electron chi connectivity index (χ0n) is 13.0. The van der Waals surface area contributed by atoms with Gasteiger partial charge in [0.25, 0.3) is 0 Å². The molecule has 2 aromatic rings. The maximum absolute atomic E-state index is 3.77. The van der Waals surface area contributed by atoms with Crippen LogP contribution < -0.4 is 5.32 Å². The largest absolute Gasteiger partial charge is 0.313 e. The quantitative estimate of drug-likeness (QED) is 0.823. The van der Waals surface area contributed by atoms with E-state index >= 15 is 0 Å². The first kappa shape index (κ1) is 14.3. The van der Waals surface area contributed by atoms with Crippen molar-refractivity contribution >= 4 is 0 Å². The Morgan fingerprint density at radius 2 is 1.43 bits per heavy atom. The van der Waals surface area contributed by atoms with Crippen molar-refractivity contribution in [1.29, 1.82) is 0 Å². The van der Waals surface area contributed by atoms with Gasteiger partial charge in [0.15, 0.2) is 0 Å². The van der Waals surface area contributed by atoms with Crippen molar-refractivity contribution in [3.05, 3.63) is 71.8 Å². The summed E-state index contributed by atoms with van der Waals surface area (Å²) >= 11 is 0. The average Bonchev–Trinajstić information content (AvgIpc) is 3.23. The Morgan fingerprint density at radius 3 is 1.86 bits per heavy atom. The third kappa shape index (κ3) is 3.54. The first-order valence-corrected chi connectivity index (χ1v) is 8.09. The summed E-state index contributed by atoms with van der Waals surface area (Å²) in [4.78, 5) is 0. The Kier molecular flexibility index (Phi) is 4.40. The van der Waals surface area contributed by atoms with E-state index in [1.807, 2.05) is 0 Å². The lowest BCUT2D eigenvalue weighted by Crippen LogP contribution is -2.34. The molecule has 1 fully saturated rings. The third-order valence-corrected chi connectivity index (χ3v) is 4.80. The van der Waals surface area contributed by atoms with Crippen molar-refractivity contribution in [2.24, 2.45) is 11.8 Å². The summed E-state index contributed by atoms with van der Waals surface area (Å²) in [5.41, 5.74) is 2.79. The molecule has 3 rings (SSSR count). The van der Waals surface area contributed by atoms with Gasteiger partial charge in [-0.3, -0.25) is 0 Å². The van der Waals surface area contributed by atoms with Crippen molar-refractivity contribution in [1.82, 2.24) is 5.32 Å². The summed E-state index contributed by atoms with van der Waals surface area (Å²) in [6.07, 6.45) is 1.39. The van der Waals surface area contributed by atoms with Gasteiger partial charge in [-0.1, -0.05) is 67.6 Å². The Bertz CT molecular complexity index is 509. The molecule has 3 atom stereocenters. The molecule has 0 radical (unpaired) electrons. The molecule has 1 aliphatic rings. The van der Waals surface area contributed by atoms with Gasteiger partial charge in [-0.25, -0.2) is 0 Å². The zero-order chi connectivity index (χ0) is 14.7. The monoisotopic (exact) mass is 279 g/mol. The molecule has 0 aliphatic heterocycles. The third-order valence-electron chi connectivity index (χ3n) is 4.80. The zero-order valence-corrected chi connectivity index (χ0v) is 13.0. The fourth-order valence-electron chi connectivity index (χ4n) is 3.23. The van der Waals surface area contributed by atoms with E-state index in [1.165, 1.54) is 17.5 Å². The summed E-state index contributed by atoms with van der Waals surface area (Å²) in [7, 11) is 0. The van der Waals surface area contributed by atoms with Gasteiger partial charge in [0.05, 0.1) is 0 Å². The van der Waals surface area contributed by atoms with Crippen molar-refractivity contribution in [3.63, 3.8) is 0 Å². The summed E-state index contributed by atoms with van der Waals surface area (Å²) in [6, 6.07) is 22.2. The molecule has 2 aromatic carbocycles. The van der Waals surface area contributed by atoms with E-state index in [0.29, 0.717) is 12.0 Å². The van der Waals surface area contributed by atoms with Crippen LogP contribution in [0.3, 0.4) is 0 Å². The van der Waals surface area contributed by atoms with Crippen molar-refractivity contribution in [2.45, 2.75) is 32.2 Å². The second-order valence-electron chi connectivity index (χ2n) is 6.47. The lowest BCUT2D eigenvalue weighted by Gasteiger charge is -2.26. The molecule has 1 N–H and O–H groups in total. The normalized spacial score (nSPS) is 22.2. The van der Waals surface area contributed by atoms with Crippen LogP contribution in [-0.2, 0) is 0 Å². The highest BCUT2D eigenvalue weighted by molar-refractivity contribution is 5.34. The highest BCUT2D eigenvalue weighted by atomic mass is 14.9. The maximum atomic E-state index is 3.77. The van der Waals surface area contributed by atoms with E-state index in [4.69, 9.17) is 0 Å². The molecular formula is C20H25N. The molecule has 0 saturated heterocycles. The molecule has 0 bridgehead atoms. The van der Waals surface area contributed by atoms with Gasteiger partial charge in [-0.05, 0) is 42.9 Å². The minimum Gasteiger partial charge on any atom is -0.313 e. The number of nitrogens with one attached hydrogen (secondary N) is 1. The van der Waals surface area contributed by atoms with Crippen molar-refractivity contribution in [2.75, 3.05) is 6.54 Å². The topological polar surface area (TPSA) is 12.0 Å². The van der Waals surface area contributed by atoms with Crippen LogP contribution in [0, 0.1) is 11.8 Å². The first-order chi connectivity index (χ1) is 10.3. The SMILES string of the molecule is CC1CC1CNC(C)C(c1ccccc1)c1ccccc1. The summed E-state index contributed by atoms with van der Waals surface area (Å²) < 4.78 is 0. The van der Waals surface area contributed by atoms with Gasteiger partial charge < -0.3 is 5.32 Å². The minimum atomic E-state index is 0.418. The highest BCUT2D eigenvalue weighted by Gasteiger charge is 2.33. The number of hydrogen-bond acceptors (Lipinski definition) is 1. The van der Waals surface area contributed by atoms with Gasteiger partial charge >= 0.3 is 0 Å². The molecule has 110 valence electrons. The van der Waals surface area contributed by atoms with Crippen LogP contribution in [0.4, 0.5) is 0 Å². The molecule has 21 heavy (non-hydrogen) atoms. The summed E-state index contributed by atoms with van der Waals surface area (Å²) in [5.74, 6) is 2.22. The Morgan fingerprint density at radius 1 is 0.952 bits per heavy atom. The fraction of sp³-hybridized carbons (Fsp3) is 0.400. The molecule has 0 spiro atoms. The first-order valence-electron chi connectivity index (χ1n) is 8.09. The van der Waals surface area contributed by atoms with Crippen LogP contribution in [0.5, 0.6) is 0 Å². The van der Waals surface area contributed by atoms with E-state index < -0.39 is 0 Å². The summed E-state index contributed by atoms with van der Waals surface area (Å²) in [6.45, 7) is 5.82. The number of hydrogen-bond donors (Lipinski definition) is 1. The van der Waals surface area contributed by atoms with Crippen LogP contribution in [0.25, 0.3) is 0 Å².